The van der Waals surface area contributed by atoms with Crippen molar-refractivity contribution in [3.8, 4) is 5.75 Å². The number of rotatable bonds is 6. The Kier molecular flexibility index (Phi) is 6.09. The number of piperidine rings is 1. The Hall–Kier alpha value is -0.810. The molecule has 1 saturated heterocycles. The minimum atomic E-state index is -0.572. The van der Waals surface area contributed by atoms with Crippen LogP contribution in [-0.4, -0.2) is 54.1 Å². The summed E-state index contributed by atoms with van der Waals surface area (Å²) in [5.41, 5.74) is 1.02. The molecule has 0 amide bonds. The van der Waals surface area contributed by atoms with Gasteiger partial charge in [-0.25, -0.2) is 0 Å². The third-order valence-corrected chi connectivity index (χ3v) is 4.54. The lowest BCUT2D eigenvalue weighted by atomic mass is 9.83. The molecular weight excluding hydrogens is 302 g/mol. The van der Waals surface area contributed by atoms with E-state index in [1.165, 1.54) is 0 Å². The number of aryl methyl sites for hydroxylation is 1. The molecule has 1 aliphatic rings. The standard InChI is InChI=1S/C17H26ClNO3/c1-13-4-5-15(18)16(8-13)22-10-14(21)9-19-7-3-6-17(2,11-19)12-20/h4-5,8,14,20-21H,3,6-7,9-12H2,1-2H3/t14-,17-/m1/s1. The highest BCUT2D eigenvalue weighted by Gasteiger charge is 2.31. The number of halogens is 1. The number of ether oxygens (including phenoxy) is 1. The average molecular weight is 328 g/mol. The zero-order valence-electron chi connectivity index (χ0n) is 13.4. The first-order valence-electron chi connectivity index (χ1n) is 7.82. The molecule has 0 bridgehead atoms. The highest BCUT2D eigenvalue weighted by atomic mass is 35.5. The molecule has 124 valence electrons. The average Bonchev–Trinajstić information content (AvgIpc) is 2.48. The van der Waals surface area contributed by atoms with Crippen LogP contribution in [0.15, 0.2) is 18.2 Å². The summed E-state index contributed by atoms with van der Waals surface area (Å²) in [6.45, 7) is 6.80. The lowest BCUT2D eigenvalue weighted by Crippen LogP contribution is -2.47. The monoisotopic (exact) mass is 327 g/mol. The van der Waals surface area contributed by atoms with Crippen LogP contribution in [0.3, 0.4) is 0 Å². The molecule has 5 heteroatoms. The fourth-order valence-corrected chi connectivity index (χ4v) is 3.14. The fraction of sp³-hybridized carbons (Fsp3) is 0.647. The number of likely N-dealkylation sites (tertiary alicyclic amines) is 1. The van der Waals surface area contributed by atoms with E-state index in [9.17, 15) is 10.2 Å². The SMILES string of the molecule is Cc1ccc(Cl)c(OC[C@H](O)CN2CCC[C@@](C)(CO)C2)c1. The van der Waals surface area contributed by atoms with Gasteiger partial charge >= 0.3 is 0 Å². The first-order chi connectivity index (χ1) is 10.4. The predicted molar refractivity (Wildman–Crippen MR) is 88.6 cm³/mol. The fourth-order valence-electron chi connectivity index (χ4n) is 2.97. The Labute approximate surface area is 137 Å². The van der Waals surface area contributed by atoms with Crippen molar-refractivity contribution in [2.45, 2.75) is 32.8 Å². The van der Waals surface area contributed by atoms with Crippen LogP contribution in [0, 0.1) is 12.3 Å². The van der Waals surface area contributed by atoms with Gasteiger partial charge in [-0.15, -0.1) is 0 Å². The number of hydrogen-bond donors (Lipinski definition) is 2. The molecule has 1 heterocycles. The van der Waals surface area contributed by atoms with E-state index in [2.05, 4.69) is 11.8 Å². The molecule has 0 saturated carbocycles. The Morgan fingerprint density at radius 1 is 1.45 bits per heavy atom. The number of β-amino-alcohol motifs (C(OH)–C–C–N with tert-alkyl or cyclic N) is 1. The molecule has 2 rings (SSSR count). The van der Waals surface area contributed by atoms with Crippen LogP contribution in [0.25, 0.3) is 0 Å². The van der Waals surface area contributed by atoms with E-state index >= 15 is 0 Å². The smallest absolute Gasteiger partial charge is 0.138 e. The van der Waals surface area contributed by atoms with E-state index in [1.807, 2.05) is 19.1 Å². The van der Waals surface area contributed by atoms with E-state index in [0.29, 0.717) is 17.3 Å². The quantitative estimate of drug-likeness (QED) is 0.843. The maximum absolute atomic E-state index is 10.2. The van der Waals surface area contributed by atoms with Gasteiger partial charge in [0.15, 0.2) is 0 Å². The lowest BCUT2D eigenvalue weighted by Gasteiger charge is -2.40. The summed E-state index contributed by atoms with van der Waals surface area (Å²) >= 11 is 6.08. The molecule has 0 aliphatic carbocycles. The van der Waals surface area contributed by atoms with Gasteiger partial charge in [-0.3, -0.25) is 0 Å². The van der Waals surface area contributed by atoms with Gasteiger partial charge in [-0.2, -0.15) is 0 Å². The van der Waals surface area contributed by atoms with Gasteiger partial charge < -0.3 is 19.8 Å². The van der Waals surface area contributed by atoms with Crippen molar-refractivity contribution in [2.24, 2.45) is 5.41 Å². The molecule has 1 aliphatic heterocycles. The summed E-state index contributed by atoms with van der Waals surface area (Å²) in [4.78, 5) is 2.20. The number of hydrogen-bond acceptors (Lipinski definition) is 4. The molecule has 1 fully saturated rings. The first-order valence-corrected chi connectivity index (χ1v) is 8.20. The first kappa shape index (κ1) is 17.5. The molecule has 1 aromatic rings. The second kappa shape index (κ2) is 7.64. The van der Waals surface area contributed by atoms with Gasteiger partial charge in [0.05, 0.1) is 5.02 Å². The highest BCUT2D eigenvalue weighted by molar-refractivity contribution is 6.32. The molecule has 2 atom stereocenters. The summed E-state index contributed by atoms with van der Waals surface area (Å²) in [6, 6.07) is 5.60. The molecule has 0 radical (unpaired) electrons. The number of aliphatic hydroxyl groups is 2. The highest BCUT2D eigenvalue weighted by Crippen LogP contribution is 2.29. The van der Waals surface area contributed by atoms with Crippen molar-refractivity contribution < 1.29 is 14.9 Å². The summed E-state index contributed by atoms with van der Waals surface area (Å²) in [7, 11) is 0. The minimum Gasteiger partial charge on any atom is -0.489 e. The van der Waals surface area contributed by atoms with E-state index in [1.54, 1.807) is 6.07 Å². The summed E-state index contributed by atoms with van der Waals surface area (Å²) in [6.07, 6.45) is 1.51. The number of aliphatic hydroxyl groups excluding tert-OH is 2. The number of benzene rings is 1. The maximum Gasteiger partial charge on any atom is 0.138 e. The Bertz CT molecular complexity index is 497. The van der Waals surface area contributed by atoms with Crippen LogP contribution in [0.1, 0.15) is 25.3 Å². The van der Waals surface area contributed by atoms with Crippen molar-refractivity contribution in [1.29, 1.82) is 0 Å². The molecule has 4 nitrogen and oxygen atoms in total. The third-order valence-electron chi connectivity index (χ3n) is 4.23. The van der Waals surface area contributed by atoms with Crippen LogP contribution >= 0.6 is 11.6 Å². The molecule has 2 N–H and O–H groups in total. The van der Waals surface area contributed by atoms with Gasteiger partial charge in [0.1, 0.15) is 18.5 Å². The van der Waals surface area contributed by atoms with Crippen LogP contribution < -0.4 is 4.74 Å². The zero-order valence-corrected chi connectivity index (χ0v) is 14.1. The Balaban J connectivity index is 1.83. The largest absolute Gasteiger partial charge is 0.489 e. The zero-order chi connectivity index (χ0) is 16.2. The number of nitrogens with zero attached hydrogens (tertiary/aromatic N) is 1. The van der Waals surface area contributed by atoms with E-state index in [-0.39, 0.29) is 18.6 Å². The topological polar surface area (TPSA) is 52.9 Å². The molecule has 0 unspecified atom stereocenters. The van der Waals surface area contributed by atoms with Crippen LogP contribution in [0.2, 0.25) is 5.02 Å². The molecular formula is C17H26ClNO3. The van der Waals surface area contributed by atoms with Gasteiger partial charge in [0.2, 0.25) is 0 Å². The molecule has 0 aromatic heterocycles. The normalized spacial score (nSPS) is 24.2. The van der Waals surface area contributed by atoms with Gasteiger partial charge in [-0.1, -0.05) is 24.6 Å². The lowest BCUT2D eigenvalue weighted by molar-refractivity contribution is 0.0101. The Morgan fingerprint density at radius 2 is 2.23 bits per heavy atom. The van der Waals surface area contributed by atoms with E-state index in [4.69, 9.17) is 16.3 Å². The van der Waals surface area contributed by atoms with Crippen LogP contribution in [0.4, 0.5) is 0 Å². The summed E-state index contributed by atoms with van der Waals surface area (Å²) in [5.74, 6) is 0.611. The maximum atomic E-state index is 10.2. The second-order valence-corrected chi connectivity index (χ2v) is 7.11. The molecule has 1 aromatic carbocycles. The van der Waals surface area contributed by atoms with Crippen LogP contribution in [-0.2, 0) is 0 Å². The Morgan fingerprint density at radius 3 is 2.95 bits per heavy atom. The third kappa shape index (κ3) is 4.85. The van der Waals surface area contributed by atoms with Crippen molar-refractivity contribution in [2.75, 3.05) is 32.8 Å². The van der Waals surface area contributed by atoms with Crippen molar-refractivity contribution in [1.82, 2.24) is 4.90 Å². The van der Waals surface area contributed by atoms with Crippen molar-refractivity contribution >= 4 is 11.6 Å². The van der Waals surface area contributed by atoms with Crippen LogP contribution in [0.5, 0.6) is 5.75 Å². The van der Waals surface area contributed by atoms with E-state index in [0.717, 1.165) is 31.5 Å². The van der Waals surface area contributed by atoms with Gasteiger partial charge in [-0.05, 0) is 44.0 Å². The molecule has 0 spiro atoms. The summed E-state index contributed by atoms with van der Waals surface area (Å²) < 4.78 is 5.64. The minimum absolute atomic E-state index is 0.0569. The van der Waals surface area contributed by atoms with E-state index < -0.39 is 6.10 Å². The summed E-state index contributed by atoms with van der Waals surface area (Å²) in [5, 5.41) is 20.2. The molecule has 22 heavy (non-hydrogen) atoms. The van der Waals surface area contributed by atoms with Gasteiger partial charge in [0.25, 0.3) is 0 Å². The second-order valence-electron chi connectivity index (χ2n) is 6.71. The predicted octanol–water partition coefficient (Wildman–Crippen LogP) is 2.48. The van der Waals surface area contributed by atoms with Crippen molar-refractivity contribution in [3.05, 3.63) is 28.8 Å². The van der Waals surface area contributed by atoms with Crippen molar-refractivity contribution in [3.63, 3.8) is 0 Å². The van der Waals surface area contributed by atoms with Gasteiger partial charge in [0, 0.05) is 25.1 Å².